The highest BCUT2D eigenvalue weighted by molar-refractivity contribution is 6.16. The van der Waals surface area contributed by atoms with Crippen molar-refractivity contribution >= 4 is 17.8 Å². The Labute approximate surface area is 115 Å². The normalized spacial score (nSPS) is 25.4. The number of hydrazine groups is 1. The maximum atomic E-state index is 12.0. The first-order valence-corrected chi connectivity index (χ1v) is 6.20. The molecule has 0 aliphatic carbocycles. The number of hydrogen-bond donors (Lipinski definition) is 2. The molecule has 1 unspecified atom stereocenters. The molecule has 2 fully saturated rings. The van der Waals surface area contributed by atoms with Crippen LogP contribution < -0.4 is 11.3 Å². The molecule has 0 radical (unpaired) electrons. The Morgan fingerprint density at radius 2 is 1.90 bits per heavy atom. The lowest BCUT2D eigenvalue weighted by atomic mass is 10.1. The lowest BCUT2D eigenvalue weighted by molar-refractivity contribution is -0.222. The summed E-state index contributed by atoms with van der Waals surface area (Å²) in [5, 5.41) is 0. The van der Waals surface area contributed by atoms with Crippen LogP contribution in [0.3, 0.4) is 0 Å². The van der Waals surface area contributed by atoms with Crippen LogP contribution in [0.2, 0.25) is 0 Å². The van der Waals surface area contributed by atoms with E-state index in [1.165, 1.54) is 13.8 Å². The van der Waals surface area contributed by atoms with E-state index in [1.54, 1.807) is 11.9 Å². The third kappa shape index (κ3) is 2.34. The SMILES string of the molecule is CN1C(=C2C(=O)OC(C)(C)OC2=O)CCC1C(=O)NN. The Morgan fingerprint density at radius 1 is 1.35 bits per heavy atom. The molecule has 0 aromatic carbocycles. The Bertz CT molecular complexity index is 489. The lowest BCUT2D eigenvalue weighted by Crippen LogP contribution is -2.46. The minimum absolute atomic E-state index is 0.154. The summed E-state index contributed by atoms with van der Waals surface area (Å²) in [7, 11) is 1.62. The zero-order chi connectivity index (χ0) is 15.1. The first-order valence-electron chi connectivity index (χ1n) is 6.20. The standard InChI is InChI=1S/C12H17N3O5/c1-12(2)19-10(17)8(11(18)20-12)6-4-5-7(15(6)3)9(16)14-13/h7H,4-5,13H2,1-3H3,(H,14,16). The van der Waals surface area contributed by atoms with E-state index in [1.807, 2.05) is 0 Å². The molecular weight excluding hydrogens is 266 g/mol. The van der Waals surface area contributed by atoms with Crippen molar-refractivity contribution in [3.8, 4) is 0 Å². The number of hydrogen-bond acceptors (Lipinski definition) is 7. The average Bonchev–Trinajstić information content (AvgIpc) is 2.68. The molecule has 20 heavy (non-hydrogen) atoms. The molecule has 2 heterocycles. The van der Waals surface area contributed by atoms with Gasteiger partial charge < -0.3 is 14.4 Å². The summed E-state index contributed by atoms with van der Waals surface area (Å²) < 4.78 is 10.1. The summed E-state index contributed by atoms with van der Waals surface area (Å²) in [6.45, 7) is 2.96. The van der Waals surface area contributed by atoms with Crippen LogP contribution in [-0.4, -0.2) is 41.6 Å². The highest BCUT2D eigenvalue weighted by Gasteiger charge is 2.44. The van der Waals surface area contributed by atoms with E-state index in [-0.39, 0.29) is 11.5 Å². The zero-order valence-corrected chi connectivity index (χ0v) is 11.6. The van der Waals surface area contributed by atoms with Gasteiger partial charge in [0.2, 0.25) is 0 Å². The third-order valence-electron chi connectivity index (χ3n) is 3.37. The molecule has 1 atom stereocenters. The van der Waals surface area contributed by atoms with Gasteiger partial charge in [0.1, 0.15) is 6.04 Å². The van der Waals surface area contributed by atoms with Crippen molar-refractivity contribution in [1.29, 1.82) is 0 Å². The minimum atomic E-state index is -1.27. The van der Waals surface area contributed by atoms with Crippen LogP contribution in [0, 0.1) is 0 Å². The number of esters is 2. The van der Waals surface area contributed by atoms with Gasteiger partial charge >= 0.3 is 11.9 Å². The van der Waals surface area contributed by atoms with Gasteiger partial charge in [-0.1, -0.05) is 0 Å². The molecule has 1 amide bonds. The molecule has 3 N–H and O–H groups in total. The van der Waals surface area contributed by atoms with E-state index < -0.39 is 23.8 Å². The molecule has 0 saturated carbocycles. The van der Waals surface area contributed by atoms with Gasteiger partial charge in [0, 0.05) is 26.6 Å². The largest absolute Gasteiger partial charge is 0.419 e. The van der Waals surface area contributed by atoms with Crippen molar-refractivity contribution in [2.45, 2.75) is 38.5 Å². The number of allylic oxidation sites excluding steroid dienone is 1. The highest BCUT2D eigenvalue weighted by atomic mass is 16.7. The predicted octanol–water partition coefficient (Wildman–Crippen LogP) is -0.839. The number of likely N-dealkylation sites (tertiary alicyclic amines) is 1. The van der Waals surface area contributed by atoms with Gasteiger partial charge in [-0.25, -0.2) is 15.4 Å². The van der Waals surface area contributed by atoms with Crippen LogP contribution in [0.4, 0.5) is 0 Å². The van der Waals surface area contributed by atoms with Crippen molar-refractivity contribution < 1.29 is 23.9 Å². The van der Waals surface area contributed by atoms with Gasteiger partial charge in [0.15, 0.2) is 5.57 Å². The number of nitrogens with one attached hydrogen (secondary N) is 1. The van der Waals surface area contributed by atoms with Crippen molar-refractivity contribution in [1.82, 2.24) is 10.3 Å². The third-order valence-corrected chi connectivity index (χ3v) is 3.37. The first-order chi connectivity index (χ1) is 9.26. The fourth-order valence-electron chi connectivity index (χ4n) is 2.42. The number of ether oxygens (including phenoxy) is 2. The fraction of sp³-hybridized carbons (Fsp3) is 0.583. The molecule has 0 spiro atoms. The number of nitrogens with two attached hydrogens (primary N) is 1. The van der Waals surface area contributed by atoms with Gasteiger partial charge in [-0.2, -0.15) is 0 Å². The topological polar surface area (TPSA) is 111 Å². The van der Waals surface area contributed by atoms with Crippen LogP contribution in [0.15, 0.2) is 11.3 Å². The van der Waals surface area contributed by atoms with Crippen LogP contribution in [0.25, 0.3) is 0 Å². The first kappa shape index (κ1) is 14.3. The van der Waals surface area contributed by atoms with Crippen LogP contribution in [-0.2, 0) is 23.9 Å². The number of cyclic esters (lactones) is 2. The molecule has 2 aliphatic heterocycles. The molecule has 8 nitrogen and oxygen atoms in total. The highest BCUT2D eigenvalue weighted by Crippen LogP contribution is 2.32. The van der Waals surface area contributed by atoms with E-state index in [0.29, 0.717) is 18.5 Å². The quantitative estimate of drug-likeness (QED) is 0.161. The second-order valence-corrected chi connectivity index (χ2v) is 5.17. The van der Waals surface area contributed by atoms with Gasteiger partial charge in [-0.15, -0.1) is 0 Å². The van der Waals surface area contributed by atoms with Crippen molar-refractivity contribution in [2.75, 3.05) is 7.05 Å². The van der Waals surface area contributed by atoms with Gasteiger partial charge in [0.05, 0.1) is 0 Å². The van der Waals surface area contributed by atoms with Gasteiger partial charge in [-0.05, 0) is 12.8 Å². The Kier molecular flexibility index (Phi) is 3.43. The molecule has 2 aliphatic rings. The summed E-state index contributed by atoms with van der Waals surface area (Å²) in [6, 6.07) is -0.516. The van der Waals surface area contributed by atoms with Crippen LogP contribution >= 0.6 is 0 Å². The van der Waals surface area contributed by atoms with E-state index in [2.05, 4.69) is 5.43 Å². The van der Waals surface area contributed by atoms with Crippen molar-refractivity contribution in [2.24, 2.45) is 5.84 Å². The molecule has 110 valence electrons. The van der Waals surface area contributed by atoms with E-state index in [0.717, 1.165) is 0 Å². The van der Waals surface area contributed by atoms with E-state index in [4.69, 9.17) is 15.3 Å². The second kappa shape index (κ2) is 4.78. The average molecular weight is 283 g/mol. The second-order valence-electron chi connectivity index (χ2n) is 5.17. The Balaban J connectivity index is 2.32. The van der Waals surface area contributed by atoms with Crippen LogP contribution in [0.1, 0.15) is 26.7 Å². The maximum absolute atomic E-state index is 12.0. The van der Waals surface area contributed by atoms with Crippen LogP contribution in [0.5, 0.6) is 0 Å². The number of amides is 1. The van der Waals surface area contributed by atoms with Crippen molar-refractivity contribution in [3.05, 3.63) is 11.3 Å². The van der Waals surface area contributed by atoms with Gasteiger partial charge in [-0.3, -0.25) is 10.2 Å². The summed E-state index contributed by atoms with van der Waals surface area (Å²) >= 11 is 0. The maximum Gasteiger partial charge on any atom is 0.350 e. The minimum Gasteiger partial charge on any atom is -0.419 e. The molecule has 0 aromatic rings. The lowest BCUT2D eigenvalue weighted by Gasteiger charge is -2.31. The summed E-state index contributed by atoms with van der Waals surface area (Å²) in [5.74, 6) is 1.99. The molecule has 2 saturated heterocycles. The number of carbonyl (C=O) groups is 3. The van der Waals surface area contributed by atoms with E-state index >= 15 is 0 Å². The predicted molar refractivity (Wildman–Crippen MR) is 66.4 cm³/mol. The number of nitrogens with zero attached hydrogens (tertiary/aromatic N) is 1. The molecule has 0 aromatic heterocycles. The Morgan fingerprint density at radius 3 is 2.40 bits per heavy atom. The fourth-order valence-corrected chi connectivity index (χ4v) is 2.42. The summed E-state index contributed by atoms with van der Waals surface area (Å²) in [4.78, 5) is 37.1. The van der Waals surface area contributed by atoms with Gasteiger partial charge in [0.25, 0.3) is 11.7 Å². The molecular formula is C12H17N3O5. The number of likely N-dealkylation sites (N-methyl/N-ethyl adjacent to an activating group) is 1. The zero-order valence-electron chi connectivity index (χ0n) is 11.6. The number of rotatable bonds is 1. The number of carbonyl (C=O) groups excluding carboxylic acids is 3. The molecule has 2 rings (SSSR count). The monoisotopic (exact) mass is 283 g/mol. The summed E-state index contributed by atoms with van der Waals surface area (Å²) in [6.07, 6.45) is 0.858. The smallest absolute Gasteiger partial charge is 0.350 e. The van der Waals surface area contributed by atoms with Crippen molar-refractivity contribution in [3.63, 3.8) is 0 Å². The molecule has 0 bridgehead atoms. The Hall–Kier alpha value is -2.09. The van der Waals surface area contributed by atoms with E-state index in [9.17, 15) is 14.4 Å². The molecule has 8 heteroatoms. The summed E-state index contributed by atoms with van der Waals surface area (Å²) in [5.41, 5.74) is 2.34.